The van der Waals surface area contributed by atoms with Crippen molar-refractivity contribution in [3.8, 4) is 11.5 Å². The van der Waals surface area contributed by atoms with Crippen LogP contribution in [0.25, 0.3) is 6.08 Å². The molecule has 38 heavy (non-hydrogen) atoms. The number of hydrogen-bond acceptors (Lipinski definition) is 13. The van der Waals surface area contributed by atoms with Gasteiger partial charge in [-0.25, -0.2) is 4.79 Å². The van der Waals surface area contributed by atoms with E-state index < -0.39 is 72.8 Å². The van der Waals surface area contributed by atoms with Crippen LogP contribution in [-0.4, -0.2) is 110 Å². The second-order valence-electron chi connectivity index (χ2n) is 9.79. The van der Waals surface area contributed by atoms with E-state index in [2.05, 4.69) is 0 Å². The van der Waals surface area contributed by atoms with E-state index in [9.17, 15) is 40.5 Å². The van der Waals surface area contributed by atoms with Crippen LogP contribution in [0.4, 0.5) is 0 Å². The molecule has 13 heteroatoms. The molecule has 2 fully saturated rings. The lowest BCUT2D eigenvalue weighted by atomic mass is 9.81. The van der Waals surface area contributed by atoms with Gasteiger partial charge in [0.15, 0.2) is 17.8 Å². The van der Waals surface area contributed by atoms with Gasteiger partial charge in [0.05, 0.1) is 31.0 Å². The molecule has 13 nitrogen and oxygen atoms in total. The minimum Gasteiger partial charge on any atom is -0.504 e. The fourth-order valence-corrected chi connectivity index (χ4v) is 5.00. The van der Waals surface area contributed by atoms with Crippen LogP contribution >= 0.6 is 0 Å². The van der Waals surface area contributed by atoms with Gasteiger partial charge in [-0.15, -0.1) is 0 Å². The molecule has 210 valence electrons. The number of phenols is 1. The molecule has 1 saturated heterocycles. The van der Waals surface area contributed by atoms with Crippen LogP contribution in [0, 0.1) is 5.92 Å². The third-order valence-electron chi connectivity index (χ3n) is 7.07. The van der Waals surface area contributed by atoms with Crippen LogP contribution in [0.1, 0.15) is 18.9 Å². The number of phenolic OH excluding ortho intramolecular Hbond substituents is 1. The van der Waals surface area contributed by atoms with Crippen LogP contribution in [0.15, 0.2) is 36.6 Å². The van der Waals surface area contributed by atoms with Gasteiger partial charge < -0.3 is 59.4 Å². The average Bonchev–Trinajstić information content (AvgIpc) is 3.06. The second kappa shape index (κ2) is 10.8. The molecule has 5 unspecified atom stereocenters. The number of fused-ring (bicyclic) bond motifs is 1. The predicted octanol–water partition coefficient (Wildman–Crippen LogP) is -1.49. The zero-order valence-electron chi connectivity index (χ0n) is 20.7. The number of aromatic hydroxyl groups is 1. The van der Waals surface area contributed by atoms with Gasteiger partial charge >= 0.3 is 5.97 Å². The lowest BCUT2D eigenvalue weighted by molar-refractivity contribution is -0.351. The number of benzene rings is 1. The van der Waals surface area contributed by atoms with E-state index in [4.69, 9.17) is 23.7 Å². The van der Waals surface area contributed by atoms with Gasteiger partial charge in [-0.1, -0.05) is 6.07 Å². The first-order valence-corrected chi connectivity index (χ1v) is 11.9. The van der Waals surface area contributed by atoms with Crippen molar-refractivity contribution in [1.82, 2.24) is 0 Å². The Labute approximate surface area is 217 Å². The summed E-state index contributed by atoms with van der Waals surface area (Å²) in [6, 6.07) is 4.43. The van der Waals surface area contributed by atoms with Crippen molar-refractivity contribution in [2.24, 2.45) is 5.92 Å². The van der Waals surface area contributed by atoms with Crippen LogP contribution in [0.3, 0.4) is 0 Å². The number of carbonyl (C=O) groups excluding carboxylic acids is 1. The topological polar surface area (TPSA) is 205 Å². The van der Waals surface area contributed by atoms with Gasteiger partial charge in [0.1, 0.15) is 36.6 Å². The molecule has 10 atom stereocenters. The predicted molar refractivity (Wildman–Crippen MR) is 126 cm³/mol. The minimum absolute atomic E-state index is 0.0692. The molecular weight excluding hydrogens is 508 g/mol. The molecule has 3 aliphatic rings. The van der Waals surface area contributed by atoms with E-state index in [1.807, 2.05) is 0 Å². The summed E-state index contributed by atoms with van der Waals surface area (Å²) >= 11 is 0. The van der Waals surface area contributed by atoms with E-state index in [0.29, 0.717) is 5.56 Å². The summed E-state index contributed by atoms with van der Waals surface area (Å²) in [6.45, 7) is 0.862. The largest absolute Gasteiger partial charge is 0.504 e. The van der Waals surface area contributed by atoms with Gasteiger partial charge in [0.2, 0.25) is 6.29 Å². The third kappa shape index (κ3) is 5.37. The summed E-state index contributed by atoms with van der Waals surface area (Å²) < 4.78 is 26.7. The molecule has 0 radical (unpaired) electrons. The molecule has 4 rings (SSSR count). The Hall–Kier alpha value is -2.75. The van der Waals surface area contributed by atoms with Crippen LogP contribution in [0.5, 0.6) is 11.5 Å². The van der Waals surface area contributed by atoms with E-state index in [1.165, 1.54) is 38.3 Å². The minimum atomic E-state index is -1.88. The second-order valence-corrected chi connectivity index (χ2v) is 9.79. The molecular formula is C25H32O13. The maximum atomic E-state index is 12.2. The zero-order chi connectivity index (χ0) is 27.8. The molecule has 0 bridgehead atoms. The molecule has 0 spiro atoms. The van der Waals surface area contributed by atoms with Gasteiger partial charge in [-0.05, 0) is 36.8 Å². The Bertz CT molecular complexity index is 1070. The fraction of sp³-hybridized carbons (Fsp3) is 0.560. The van der Waals surface area contributed by atoms with Crippen molar-refractivity contribution in [3.63, 3.8) is 0 Å². The summed E-state index contributed by atoms with van der Waals surface area (Å²) in [5, 5.41) is 72.8. The molecule has 2 aliphatic heterocycles. The maximum absolute atomic E-state index is 12.2. The first-order valence-electron chi connectivity index (χ1n) is 11.9. The molecule has 1 saturated carbocycles. The molecule has 1 aromatic carbocycles. The quantitative estimate of drug-likeness (QED) is 0.156. The molecule has 7 N–H and O–H groups in total. The highest BCUT2D eigenvalue weighted by atomic mass is 16.8. The Kier molecular flexibility index (Phi) is 8.02. The number of aliphatic hydroxyl groups is 6. The smallest absolute Gasteiger partial charge is 0.330 e. The van der Waals surface area contributed by atoms with Crippen molar-refractivity contribution < 1.29 is 64.2 Å². The highest BCUT2D eigenvalue weighted by Gasteiger charge is 2.64. The van der Waals surface area contributed by atoms with Crippen LogP contribution < -0.4 is 4.74 Å². The summed E-state index contributed by atoms with van der Waals surface area (Å²) in [5.41, 5.74) is -2.97. The van der Waals surface area contributed by atoms with E-state index in [1.54, 1.807) is 6.07 Å². The first kappa shape index (κ1) is 28.3. The lowest BCUT2D eigenvalue weighted by Crippen LogP contribution is -2.62. The molecule has 0 amide bonds. The Morgan fingerprint density at radius 2 is 1.87 bits per heavy atom. The number of carbonyl (C=O) groups is 1. The zero-order valence-corrected chi connectivity index (χ0v) is 20.7. The van der Waals surface area contributed by atoms with Crippen molar-refractivity contribution in [1.29, 1.82) is 0 Å². The Balaban J connectivity index is 1.40. The number of rotatable bonds is 7. The van der Waals surface area contributed by atoms with Gasteiger partial charge in [-0.2, -0.15) is 0 Å². The van der Waals surface area contributed by atoms with E-state index in [-0.39, 0.29) is 17.9 Å². The van der Waals surface area contributed by atoms with E-state index >= 15 is 0 Å². The summed E-state index contributed by atoms with van der Waals surface area (Å²) in [5.74, 6) is -1.86. The fourth-order valence-electron chi connectivity index (χ4n) is 5.00. The summed E-state index contributed by atoms with van der Waals surface area (Å²) in [7, 11) is 1.38. The molecule has 1 aromatic rings. The van der Waals surface area contributed by atoms with Crippen molar-refractivity contribution in [2.45, 2.75) is 67.6 Å². The standard InChI is InChI=1S/C25H32O13/c1-24(32)10-16(27)25(33)7-8-35-23(21(24)25)38-22-20(31)19(30)18(29)15(37-22)11-36-17(28)6-4-12-3-5-13(26)14(9-12)34-2/h3-9,15-16,18-23,26-27,29-33H,10-11H2,1-2H3/b6-4+/t15?,16-,18?,19?,20?,21-,22?,23+,24+,25-/m1/s1. The van der Waals surface area contributed by atoms with Crippen molar-refractivity contribution in [3.05, 3.63) is 42.2 Å². The summed E-state index contributed by atoms with van der Waals surface area (Å²) in [4.78, 5) is 12.2. The monoisotopic (exact) mass is 540 g/mol. The van der Waals surface area contributed by atoms with Gasteiger partial charge in [0, 0.05) is 12.5 Å². The lowest BCUT2D eigenvalue weighted by Gasteiger charge is -2.45. The number of ether oxygens (including phenoxy) is 5. The molecule has 0 aromatic heterocycles. The SMILES string of the molecule is COc1cc(/C=C/C(=O)OCC2OC(O[C@@H]3OC=C[C@@]4(O)[C@H](O)C[C@](C)(O)[C@@H]34)C(O)C(O)C2O)ccc1O. The van der Waals surface area contributed by atoms with Gasteiger partial charge in [0.25, 0.3) is 0 Å². The highest BCUT2D eigenvalue weighted by molar-refractivity contribution is 5.87. The molecule has 2 heterocycles. The van der Waals surface area contributed by atoms with Gasteiger partial charge in [-0.3, -0.25) is 0 Å². The summed E-state index contributed by atoms with van der Waals surface area (Å²) in [6.07, 6.45) is -6.24. The number of aliphatic hydroxyl groups excluding tert-OH is 4. The van der Waals surface area contributed by atoms with E-state index in [0.717, 1.165) is 12.3 Å². The normalized spacial score (nSPS) is 40.5. The highest BCUT2D eigenvalue weighted by Crippen LogP contribution is 2.49. The van der Waals surface area contributed by atoms with Crippen LogP contribution in [-0.2, 0) is 23.7 Å². The van der Waals surface area contributed by atoms with Crippen molar-refractivity contribution in [2.75, 3.05) is 13.7 Å². The average molecular weight is 541 g/mol. The number of methoxy groups -OCH3 is 1. The Morgan fingerprint density at radius 3 is 2.58 bits per heavy atom. The third-order valence-corrected chi connectivity index (χ3v) is 7.07. The number of esters is 1. The van der Waals surface area contributed by atoms with Crippen LogP contribution in [0.2, 0.25) is 0 Å². The maximum Gasteiger partial charge on any atom is 0.330 e. The molecule has 1 aliphatic carbocycles. The Morgan fingerprint density at radius 1 is 1.13 bits per heavy atom. The number of hydrogen-bond donors (Lipinski definition) is 7. The first-order chi connectivity index (χ1) is 17.9. The van der Waals surface area contributed by atoms with Crippen molar-refractivity contribution >= 4 is 12.0 Å².